The van der Waals surface area contributed by atoms with Crippen molar-refractivity contribution in [1.29, 1.82) is 0 Å². The summed E-state index contributed by atoms with van der Waals surface area (Å²) in [5.41, 5.74) is 0. The van der Waals surface area contributed by atoms with Gasteiger partial charge in [0.15, 0.2) is 0 Å². The zero-order valence-corrected chi connectivity index (χ0v) is 7.55. The van der Waals surface area contributed by atoms with Crippen LogP contribution in [-0.4, -0.2) is 36.5 Å². The highest BCUT2D eigenvalue weighted by molar-refractivity contribution is 5.82. The van der Waals surface area contributed by atoms with Crippen molar-refractivity contribution in [2.75, 3.05) is 13.6 Å². The Labute approximate surface area is 73.1 Å². The molecule has 1 amide bonds. The second kappa shape index (κ2) is 3.05. The van der Waals surface area contributed by atoms with Gasteiger partial charge in [0.1, 0.15) is 0 Å². The van der Waals surface area contributed by atoms with E-state index < -0.39 is 0 Å². The highest BCUT2D eigenvalue weighted by Gasteiger charge is 2.31. The van der Waals surface area contributed by atoms with Gasteiger partial charge in [-0.05, 0) is 25.7 Å². The van der Waals surface area contributed by atoms with Gasteiger partial charge in [-0.25, -0.2) is 0 Å². The first-order valence-electron chi connectivity index (χ1n) is 4.78. The van der Waals surface area contributed by atoms with Crippen LogP contribution in [0.1, 0.15) is 25.7 Å². The number of likely N-dealkylation sites (N-methyl/N-ethyl adjacent to an activating group) is 1. The maximum atomic E-state index is 11.6. The Morgan fingerprint density at radius 3 is 2.83 bits per heavy atom. The van der Waals surface area contributed by atoms with Gasteiger partial charge in [0, 0.05) is 19.6 Å². The minimum atomic E-state index is 0.122. The van der Waals surface area contributed by atoms with Crippen LogP contribution in [0.15, 0.2) is 0 Å². The van der Waals surface area contributed by atoms with Gasteiger partial charge >= 0.3 is 0 Å². The van der Waals surface area contributed by atoms with Crippen LogP contribution < -0.4 is 5.32 Å². The van der Waals surface area contributed by atoms with E-state index in [9.17, 15) is 4.79 Å². The molecule has 0 radical (unpaired) electrons. The molecule has 1 unspecified atom stereocenters. The normalized spacial score (nSPS) is 30.9. The molecule has 0 aromatic rings. The van der Waals surface area contributed by atoms with E-state index in [4.69, 9.17) is 0 Å². The first kappa shape index (κ1) is 8.05. The van der Waals surface area contributed by atoms with Crippen molar-refractivity contribution in [3.8, 4) is 0 Å². The quantitative estimate of drug-likeness (QED) is 0.645. The van der Waals surface area contributed by atoms with Gasteiger partial charge in [-0.2, -0.15) is 0 Å². The van der Waals surface area contributed by atoms with Gasteiger partial charge in [0.2, 0.25) is 5.91 Å². The Balaban J connectivity index is 1.89. The fraction of sp³-hybridized carbons (Fsp3) is 0.889. The molecule has 1 heterocycles. The Hall–Kier alpha value is -0.570. The van der Waals surface area contributed by atoms with Gasteiger partial charge in [0.25, 0.3) is 0 Å². The molecule has 0 aromatic carbocycles. The van der Waals surface area contributed by atoms with Gasteiger partial charge in [0.05, 0.1) is 6.04 Å². The lowest BCUT2D eigenvalue weighted by Crippen LogP contribution is -2.49. The SMILES string of the molecule is CN1CCCC(NC2CC2)C1=O. The fourth-order valence-corrected chi connectivity index (χ4v) is 1.72. The third kappa shape index (κ3) is 1.61. The van der Waals surface area contributed by atoms with E-state index in [1.54, 1.807) is 0 Å². The third-order valence-corrected chi connectivity index (χ3v) is 2.67. The Kier molecular flexibility index (Phi) is 2.05. The maximum Gasteiger partial charge on any atom is 0.239 e. The van der Waals surface area contributed by atoms with Crippen LogP contribution in [0.25, 0.3) is 0 Å². The van der Waals surface area contributed by atoms with Gasteiger partial charge < -0.3 is 10.2 Å². The van der Waals surface area contributed by atoms with Crippen LogP contribution in [0.2, 0.25) is 0 Å². The first-order valence-corrected chi connectivity index (χ1v) is 4.78. The Morgan fingerprint density at radius 2 is 2.17 bits per heavy atom. The van der Waals surface area contributed by atoms with E-state index in [0.29, 0.717) is 6.04 Å². The molecule has 12 heavy (non-hydrogen) atoms. The summed E-state index contributed by atoms with van der Waals surface area (Å²) < 4.78 is 0. The molecule has 68 valence electrons. The molecule has 1 saturated heterocycles. The summed E-state index contributed by atoms with van der Waals surface area (Å²) in [7, 11) is 1.89. The second-order valence-electron chi connectivity index (χ2n) is 3.90. The second-order valence-corrected chi connectivity index (χ2v) is 3.90. The number of amides is 1. The molecule has 1 atom stereocenters. The fourth-order valence-electron chi connectivity index (χ4n) is 1.72. The lowest BCUT2D eigenvalue weighted by molar-refractivity contribution is -0.134. The first-order chi connectivity index (χ1) is 5.77. The third-order valence-electron chi connectivity index (χ3n) is 2.67. The summed E-state index contributed by atoms with van der Waals surface area (Å²) in [5, 5.41) is 3.38. The number of nitrogens with one attached hydrogen (secondary N) is 1. The zero-order chi connectivity index (χ0) is 8.55. The maximum absolute atomic E-state index is 11.6. The Morgan fingerprint density at radius 1 is 1.42 bits per heavy atom. The van der Waals surface area contributed by atoms with Crippen LogP contribution >= 0.6 is 0 Å². The van der Waals surface area contributed by atoms with Gasteiger partial charge in [-0.3, -0.25) is 4.79 Å². The number of hydrogen-bond donors (Lipinski definition) is 1. The summed E-state index contributed by atoms with van der Waals surface area (Å²) in [4.78, 5) is 13.4. The molecule has 1 aliphatic heterocycles. The van der Waals surface area contributed by atoms with Crippen LogP contribution in [-0.2, 0) is 4.79 Å². The molecule has 0 aromatic heterocycles. The van der Waals surface area contributed by atoms with Crippen LogP contribution in [0.3, 0.4) is 0 Å². The minimum absolute atomic E-state index is 0.122. The van der Waals surface area contributed by atoms with E-state index in [-0.39, 0.29) is 11.9 Å². The standard InChI is InChI=1S/C9H16N2O/c1-11-6-2-3-8(9(11)12)10-7-4-5-7/h7-8,10H,2-6H2,1H3. The van der Waals surface area contributed by atoms with Gasteiger partial charge in [-0.1, -0.05) is 0 Å². The van der Waals surface area contributed by atoms with Crippen molar-refractivity contribution in [3.63, 3.8) is 0 Å². The number of piperidine rings is 1. The van der Waals surface area contributed by atoms with E-state index >= 15 is 0 Å². The van der Waals surface area contributed by atoms with Crippen molar-refractivity contribution in [1.82, 2.24) is 10.2 Å². The molecule has 1 N–H and O–H groups in total. The predicted octanol–water partition coefficient (Wildman–Crippen LogP) is 0.359. The Bertz CT molecular complexity index is 189. The monoisotopic (exact) mass is 168 g/mol. The summed E-state index contributed by atoms with van der Waals surface area (Å²) in [6, 6.07) is 0.765. The molecule has 1 aliphatic carbocycles. The number of carbonyl (C=O) groups excluding carboxylic acids is 1. The molecule has 0 bridgehead atoms. The van der Waals surface area contributed by atoms with E-state index in [0.717, 1.165) is 19.4 Å². The van der Waals surface area contributed by atoms with Crippen LogP contribution in [0.5, 0.6) is 0 Å². The summed E-state index contributed by atoms with van der Waals surface area (Å²) in [6.45, 7) is 0.932. The van der Waals surface area contributed by atoms with Crippen molar-refractivity contribution >= 4 is 5.91 Å². The molecule has 2 rings (SSSR count). The number of carbonyl (C=O) groups is 1. The van der Waals surface area contributed by atoms with E-state index in [1.807, 2.05) is 11.9 Å². The average Bonchev–Trinajstić information content (AvgIpc) is 2.83. The number of hydrogen-bond acceptors (Lipinski definition) is 2. The average molecular weight is 168 g/mol. The molecule has 3 heteroatoms. The topological polar surface area (TPSA) is 32.3 Å². The summed E-state index contributed by atoms with van der Waals surface area (Å²) in [5.74, 6) is 0.285. The van der Waals surface area contributed by atoms with Crippen molar-refractivity contribution in [2.45, 2.75) is 37.8 Å². The predicted molar refractivity (Wildman–Crippen MR) is 46.8 cm³/mol. The summed E-state index contributed by atoms with van der Waals surface area (Å²) in [6.07, 6.45) is 4.69. The molecular weight excluding hydrogens is 152 g/mol. The highest BCUT2D eigenvalue weighted by atomic mass is 16.2. The van der Waals surface area contributed by atoms with Crippen LogP contribution in [0.4, 0.5) is 0 Å². The molecular formula is C9H16N2O. The highest BCUT2D eigenvalue weighted by Crippen LogP contribution is 2.21. The molecule has 3 nitrogen and oxygen atoms in total. The summed E-state index contributed by atoms with van der Waals surface area (Å²) >= 11 is 0. The van der Waals surface area contributed by atoms with Crippen molar-refractivity contribution in [2.24, 2.45) is 0 Å². The van der Waals surface area contributed by atoms with E-state index in [1.165, 1.54) is 12.8 Å². The van der Waals surface area contributed by atoms with Crippen molar-refractivity contribution in [3.05, 3.63) is 0 Å². The van der Waals surface area contributed by atoms with E-state index in [2.05, 4.69) is 5.32 Å². The van der Waals surface area contributed by atoms with Gasteiger partial charge in [-0.15, -0.1) is 0 Å². The lowest BCUT2D eigenvalue weighted by Gasteiger charge is -2.29. The number of rotatable bonds is 2. The smallest absolute Gasteiger partial charge is 0.239 e. The number of nitrogens with zero attached hydrogens (tertiary/aromatic N) is 1. The largest absolute Gasteiger partial charge is 0.344 e. The lowest BCUT2D eigenvalue weighted by atomic mass is 10.1. The van der Waals surface area contributed by atoms with Crippen LogP contribution in [0, 0.1) is 0 Å². The number of likely N-dealkylation sites (tertiary alicyclic amines) is 1. The molecule has 0 spiro atoms. The molecule has 2 fully saturated rings. The molecule has 1 saturated carbocycles. The minimum Gasteiger partial charge on any atom is -0.344 e. The van der Waals surface area contributed by atoms with Crippen molar-refractivity contribution < 1.29 is 4.79 Å². The zero-order valence-electron chi connectivity index (χ0n) is 7.55. The molecule has 2 aliphatic rings.